The summed E-state index contributed by atoms with van der Waals surface area (Å²) in [4.78, 5) is 0. The van der Waals surface area contributed by atoms with Crippen LogP contribution in [0.25, 0.3) is 0 Å². The monoisotopic (exact) mass is 263 g/mol. The molecule has 1 fully saturated rings. The molecule has 3 atom stereocenters. The quantitative estimate of drug-likeness (QED) is 0.846. The van der Waals surface area contributed by atoms with Gasteiger partial charge >= 0.3 is 0 Å². The first-order valence-electron chi connectivity index (χ1n) is 7.95. The average Bonchev–Trinajstić information content (AvgIpc) is 2.89. The van der Waals surface area contributed by atoms with Crippen LogP contribution in [0.5, 0.6) is 0 Å². The SMILES string of the molecule is CCC(C)n1ccc(CNCC2CCCCC2C)n1. The molecule has 0 spiro atoms. The van der Waals surface area contributed by atoms with E-state index in [0.717, 1.165) is 31.3 Å². The number of hydrogen-bond donors (Lipinski definition) is 1. The van der Waals surface area contributed by atoms with Crippen LogP contribution in [0.4, 0.5) is 0 Å². The molecule has 0 radical (unpaired) electrons. The van der Waals surface area contributed by atoms with Crippen molar-refractivity contribution < 1.29 is 0 Å². The van der Waals surface area contributed by atoms with Crippen molar-refractivity contribution in [2.45, 2.75) is 65.5 Å². The molecular formula is C16H29N3. The van der Waals surface area contributed by atoms with Gasteiger partial charge in [-0.3, -0.25) is 4.68 Å². The van der Waals surface area contributed by atoms with Crippen molar-refractivity contribution in [2.24, 2.45) is 11.8 Å². The van der Waals surface area contributed by atoms with Crippen LogP contribution in [0.2, 0.25) is 0 Å². The normalized spacial score (nSPS) is 25.4. The molecule has 1 aromatic heterocycles. The van der Waals surface area contributed by atoms with Gasteiger partial charge in [0.25, 0.3) is 0 Å². The Labute approximate surface area is 117 Å². The lowest BCUT2D eigenvalue weighted by Crippen LogP contribution is -2.29. The summed E-state index contributed by atoms with van der Waals surface area (Å²) >= 11 is 0. The topological polar surface area (TPSA) is 29.9 Å². The molecule has 108 valence electrons. The van der Waals surface area contributed by atoms with Gasteiger partial charge in [0.15, 0.2) is 0 Å². The smallest absolute Gasteiger partial charge is 0.0762 e. The largest absolute Gasteiger partial charge is 0.311 e. The van der Waals surface area contributed by atoms with Gasteiger partial charge in [-0.2, -0.15) is 5.10 Å². The molecule has 1 aliphatic carbocycles. The molecule has 1 saturated carbocycles. The summed E-state index contributed by atoms with van der Waals surface area (Å²) in [6, 6.07) is 2.65. The van der Waals surface area contributed by atoms with Gasteiger partial charge in [0.1, 0.15) is 0 Å². The average molecular weight is 263 g/mol. The first-order chi connectivity index (χ1) is 9.20. The fourth-order valence-electron chi connectivity index (χ4n) is 2.99. The van der Waals surface area contributed by atoms with Crippen molar-refractivity contribution in [1.82, 2.24) is 15.1 Å². The summed E-state index contributed by atoms with van der Waals surface area (Å²) in [5.41, 5.74) is 1.17. The van der Waals surface area contributed by atoms with Gasteiger partial charge in [-0.1, -0.05) is 33.1 Å². The van der Waals surface area contributed by atoms with E-state index in [0.29, 0.717) is 6.04 Å². The highest BCUT2D eigenvalue weighted by molar-refractivity contribution is 4.99. The fourth-order valence-corrected chi connectivity index (χ4v) is 2.99. The van der Waals surface area contributed by atoms with E-state index >= 15 is 0 Å². The lowest BCUT2D eigenvalue weighted by molar-refractivity contribution is 0.247. The van der Waals surface area contributed by atoms with E-state index in [1.807, 2.05) is 0 Å². The minimum absolute atomic E-state index is 0.507. The molecule has 0 bridgehead atoms. The lowest BCUT2D eigenvalue weighted by Gasteiger charge is -2.28. The van der Waals surface area contributed by atoms with Crippen LogP contribution in [-0.2, 0) is 6.54 Å². The third-order valence-electron chi connectivity index (χ3n) is 4.71. The van der Waals surface area contributed by atoms with Gasteiger partial charge in [0.2, 0.25) is 0 Å². The number of rotatable bonds is 6. The predicted molar refractivity (Wildman–Crippen MR) is 80.1 cm³/mol. The van der Waals surface area contributed by atoms with E-state index in [4.69, 9.17) is 0 Å². The first-order valence-corrected chi connectivity index (χ1v) is 7.95. The Bertz CT molecular complexity index is 372. The lowest BCUT2D eigenvalue weighted by atomic mass is 9.80. The molecule has 2 rings (SSSR count). The number of aromatic nitrogens is 2. The van der Waals surface area contributed by atoms with Crippen molar-refractivity contribution in [3.8, 4) is 0 Å². The van der Waals surface area contributed by atoms with Crippen LogP contribution in [0.3, 0.4) is 0 Å². The maximum absolute atomic E-state index is 4.64. The van der Waals surface area contributed by atoms with Crippen LogP contribution >= 0.6 is 0 Å². The van der Waals surface area contributed by atoms with Crippen LogP contribution in [0.15, 0.2) is 12.3 Å². The molecule has 3 unspecified atom stereocenters. The Balaban J connectivity index is 1.74. The predicted octanol–water partition coefficient (Wildman–Crippen LogP) is 3.77. The molecule has 1 heterocycles. The minimum Gasteiger partial charge on any atom is -0.311 e. The second-order valence-corrected chi connectivity index (χ2v) is 6.20. The third kappa shape index (κ3) is 4.07. The maximum atomic E-state index is 4.64. The Morgan fingerprint density at radius 1 is 1.42 bits per heavy atom. The fraction of sp³-hybridized carbons (Fsp3) is 0.812. The van der Waals surface area contributed by atoms with Gasteiger partial charge in [0, 0.05) is 18.8 Å². The molecule has 1 N–H and O–H groups in total. The standard InChI is InChI=1S/C16H29N3/c1-4-14(3)19-10-9-16(18-19)12-17-11-15-8-6-5-7-13(15)2/h9-10,13-15,17H,4-8,11-12H2,1-3H3. The summed E-state index contributed by atoms with van der Waals surface area (Å²) in [7, 11) is 0. The van der Waals surface area contributed by atoms with Gasteiger partial charge in [-0.15, -0.1) is 0 Å². The third-order valence-corrected chi connectivity index (χ3v) is 4.71. The van der Waals surface area contributed by atoms with Gasteiger partial charge < -0.3 is 5.32 Å². The zero-order chi connectivity index (χ0) is 13.7. The second-order valence-electron chi connectivity index (χ2n) is 6.20. The second kappa shape index (κ2) is 7.09. The van der Waals surface area contributed by atoms with Crippen molar-refractivity contribution >= 4 is 0 Å². The molecule has 3 heteroatoms. The molecule has 0 aliphatic heterocycles. The van der Waals surface area contributed by atoms with E-state index in [1.165, 1.54) is 31.4 Å². The van der Waals surface area contributed by atoms with E-state index in [1.54, 1.807) is 0 Å². The van der Waals surface area contributed by atoms with Crippen LogP contribution < -0.4 is 5.32 Å². The number of nitrogens with zero attached hydrogens (tertiary/aromatic N) is 2. The number of hydrogen-bond acceptors (Lipinski definition) is 2. The van der Waals surface area contributed by atoms with Gasteiger partial charge in [-0.25, -0.2) is 0 Å². The molecule has 0 saturated heterocycles. The zero-order valence-electron chi connectivity index (χ0n) is 12.7. The van der Waals surface area contributed by atoms with Crippen LogP contribution in [-0.4, -0.2) is 16.3 Å². The van der Waals surface area contributed by atoms with Crippen molar-refractivity contribution in [1.29, 1.82) is 0 Å². The van der Waals surface area contributed by atoms with E-state index in [9.17, 15) is 0 Å². The molecular weight excluding hydrogens is 234 g/mol. The van der Waals surface area contributed by atoms with E-state index in [-0.39, 0.29) is 0 Å². The van der Waals surface area contributed by atoms with Crippen molar-refractivity contribution in [3.63, 3.8) is 0 Å². The van der Waals surface area contributed by atoms with Gasteiger partial charge in [-0.05, 0) is 44.2 Å². The maximum Gasteiger partial charge on any atom is 0.0762 e. The summed E-state index contributed by atoms with van der Waals surface area (Å²) in [6.07, 6.45) is 8.89. The summed E-state index contributed by atoms with van der Waals surface area (Å²) in [5, 5.41) is 8.23. The summed E-state index contributed by atoms with van der Waals surface area (Å²) in [5.74, 6) is 1.75. The van der Waals surface area contributed by atoms with E-state index in [2.05, 4.69) is 48.1 Å². The molecule has 0 amide bonds. The van der Waals surface area contributed by atoms with Crippen molar-refractivity contribution in [2.75, 3.05) is 6.54 Å². The Morgan fingerprint density at radius 2 is 2.21 bits per heavy atom. The molecule has 19 heavy (non-hydrogen) atoms. The molecule has 0 aromatic carbocycles. The first kappa shape index (κ1) is 14.6. The van der Waals surface area contributed by atoms with E-state index < -0.39 is 0 Å². The highest BCUT2D eigenvalue weighted by Gasteiger charge is 2.20. The summed E-state index contributed by atoms with van der Waals surface area (Å²) in [6.45, 7) is 8.88. The van der Waals surface area contributed by atoms with Crippen molar-refractivity contribution in [3.05, 3.63) is 18.0 Å². The molecule has 1 aromatic rings. The number of nitrogens with one attached hydrogen (secondary N) is 1. The Morgan fingerprint density at radius 3 is 2.95 bits per heavy atom. The Hall–Kier alpha value is -0.830. The van der Waals surface area contributed by atoms with Crippen LogP contribution in [0.1, 0.15) is 64.6 Å². The van der Waals surface area contributed by atoms with Gasteiger partial charge in [0.05, 0.1) is 5.69 Å². The highest BCUT2D eigenvalue weighted by atomic mass is 15.3. The molecule has 3 nitrogen and oxygen atoms in total. The van der Waals surface area contributed by atoms with Crippen LogP contribution in [0, 0.1) is 11.8 Å². The summed E-state index contributed by atoms with van der Waals surface area (Å²) < 4.78 is 2.08. The highest BCUT2D eigenvalue weighted by Crippen LogP contribution is 2.28. The molecule has 1 aliphatic rings. The zero-order valence-corrected chi connectivity index (χ0v) is 12.7. The minimum atomic E-state index is 0.507. The Kier molecular flexibility index (Phi) is 5.44.